The normalized spacial score (nSPS) is 14.0. The molecule has 1 aliphatic heterocycles. The molecule has 0 radical (unpaired) electrons. The summed E-state index contributed by atoms with van der Waals surface area (Å²) in [6.45, 7) is 4.71. The van der Waals surface area contributed by atoms with Crippen molar-refractivity contribution in [2.24, 2.45) is 0 Å². The summed E-state index contributed by atoms with van der Waals surface area (Å²) in [6, 6.07) is 23.3. The molecule has 10 heteroatoms. The number of rotatable bonds is 9. The van der Waals surface area contributed by atoms with Crippen molar-refractivity contribution in [3.05, 3.63) is 101 Å². The number of aliphatic carboxylic acids is 1. The van der Waals surface area contributed by atoms with E-state index in [2.05, 4.69) is 11.4 Å². The number of nitrogens with one attached hydrogen (secondary N) is 1. The molecule has 4 aromatic rings. The van der Waals surface area contributed by atoms with E-state index in [9.17, 15) is 18.0 Å². The highest BCUT2D eigenvalue weighted by molar-refractivity contribution is 7.90. The maximum Gasteiger partial charge on any atom is 0.326 e. The summed E-state index contributed by atoms with van der Waals surface area (Å²) in [4.78, 5) is 25.8. The van der Waals surface area contributed by atoms with Crippen LogP contribution in [0, 0.1) is 13.8 Å². The summed E-state index contributed by atoms with van der Waals surface area (Å²) in [6.07, 6.45) is 1.17. The summed E-state index contributed by atoms with van der Waals surface area (Å²) in [5.41, 5.74) is 7.18. The van der Waals surface area contributed by atoms with Gasteiger partial charge in [0.15, 0.2) is 9.84 Å². The number of nitrogens with zero attached hydrogens (tertiary/aromatic N) is 1. The van der Waals surface area contributed by atoms with E-state index in [1.54, 1.807) is 19.2 Å². The Morgan fingerprint density at radius 3 is 2.36 bits per heavy atom. The standard InChI is InChI=1S/C34H34N2O7S/c1-21-14-27(36(3)34(39)35-26-8-11-29(12-9-26)44(4,40)41)15-22(2)33(21)24-7-5-6-23(16-24)19-42-28-10-13-30-25(17-32(37)38)20-43-31(30)18-28/h5-16,18,25H,17,19-20H2,1-4H3,(H,35,39)(H,37,38). The van der Waals surface area contributed by atoms with Crippen molar-refractivity contribution in [1.29, 1.82) is 0 Å². The van der Waals surface area contributed by atoms with Gasteiger partial charge in [-0.2, -0.15) is 0 Å². The number of ether oxygens (including phenoxy) is 2. The second kappa shape index (κ2) is 12.4. The molecule has 9 nitrogen and oxygen atoms in total. The summed E-state index contributed by atoms with van der Waals surface area (Å²) >= 11 is 0. The average molecular weight is 615 g/mol. The number of hydrogen-bond acceptors (Lipinski definition) is 6. The largest absolute Gasteiger partial charge is 0.492 e. The predicted molar refractivity (Wildman–Crippen MR) is 170 cm³/mol. The van der Waals surface area contributed by atoms with E-state index in [-0.39, 0.29) is 23.3 Å². The van der Waals surface area contributed by atoms with Gasteiger partial charge in [0.2, 0.25) is 0 Å². The zero-order valence-electron chi connectivity index (χ0n) is 25.0. The molecule has 1 atom stereocenters. The molecular weight excluding hydrogens is 580 g/mol. The van der Waals surface area contributed by atoms with E-state index in [0.29, 0.717) is 30.4 Å². The number of hydrogen-bond donors (Lipinski definition) is 2. The molecular formula is C34H34N2O7S. The minimum absolute atomic E-state index is 0.0344. The van der Waals surface area contributed by atoms with Crippen LogP contribution in [-0.2, 0) is 21.2 Å². The average Bonchev–Trinajstić information content (AvgIpc) is 3.36. The highest BCUT2D eigenvalue weighted by atomic mass is 32.2. The van der Waals surface area contributed by atoms with Gasteiger partial charge in [-0.05, 0) is 90.2 Å². The van der Waals surface area contributed by atoms with Crippen LogP contribution in [-0.4, -0.2) is 45.4 Å². The maximum absolute atomic E-state index is 13.0. The van der Waals surface area contributed by atoms with E-state index in [4.69, 9.17) is 14.6 Å². The zero-order chi connectivity index (χ0) is 31.6. The van der Waals surface area contributed by atoms with Crippen molar-refractivity contribution in [2.45, 2.75) is 37.7 Å². The smallest absolute Gasteiger partial charge is 0.326 e. The third kappa shape index (κ3) is 6.86. The summed E-state index contributed by atoms with van der Waals surface area (Å²) in [7, 11) is -1.64. The molecule has 2 N–H and O–H groups in total. The molecule has 0 spiro atoms. The van der Waals surface area contributed by atoms with Gasteiger partial charge in [0.05, 0.1) is 17.9 Å². The van der Waals surface area contributed by atoms with Gasteiger partial charge in [0.25, 0.3) is 0 Å². The molecule has 1 heterocycles. The number of anilines is 2. The lowest BCUT2D eigenvalue weighted by molar-refractivity contribution is -0.137. The molecule has 0 aromatic heterocycles. The first-order valence-corrected chi connectivity index (χ1v) is 15.9. The first-order chi connectivity index (χ1) is 20.9. The zero-order valence-corrected chi connectivity index (χ0v) is 25.8. The number of fused-ring (bicyclic) bond motifs is 1. The van der Waals surface area contributed by atoms with Crippen LogP contribution < -0.4 is 19.7 Å². The molecule has 1 aliphatic rings. The Morgan fingerprint density at radius 2 is 1.70 bits per heavy atom. The third-order valence-corrected chi connectivity index (χ3v) is 8.78. The van der Waals surface area contributed by atoms with Gasteiger partial charge in [-0.25, -0.2) is 13.2 Å². The van der Waals surface area contributed by atoms with Crippen LogP contribution >= 0.6 is 0 Å². The van der Waals surface area contributed by atoms with Gasteiger partial charge in [-0.15, -0.1) is 0 Å². The molecule has 228 valence electrons. The number of sulfone groups is 1. The highest BCUT2D eigenvalue weighted by Crippen LogP contribution is 2.38. The van der Waals surface area contributed by atoms with E-state index >= 15 is 0 Å². The van der Waals surface area contributed by atoms with Crippen LogP contribution in [0.2, 0.25) is 0 Å². The Labute approximate surface area is 257 Å². The van der Waals surface area contributed by atoms with Crippen molar-refractivity contribution in [3.8, 4) is 22.6 Å². The van der Waals surface area contributed by atoms with Crippen molar-refractivity contribution in [3.63, 3.8) is 0 Å². The van der Waals surface area contributed by atoms with Crippen LogP contribution in [0.5, 0.6) is 11.5 Å². The third-order valence-electron chi connectivity index (χ3n) is 7.65. The van der Waals surface area contributed by atoms with E-state index in [1.807, 2.05) is 62.4 Å². The quantitative estimate of drug-likeness (QED) is 0.219. The molecule has 44 heavy (non-hydrogen) atoms. The SMILES string of the molecule is Cc1cc(N(C)C(=O)Nc2ccc(S(C)(=O)=O)cc2)cc(C)c1-c1cccc(COc2ccc3c(c2)OCC3CC(=O)O)c1. The Balaban J connectivity index is 1.27. The van der Waals surface area contributed by atoms with Crippen molar-refractivity contribution in [1.82, 2.24) is 0 Å². The molecule has 0 bridgehead atoms. The monoisotopic (exact) mass is 614 g/mol. The van der Waals surface area contributed by atoms with Crippen LogP contribution in [0.25, 0.3) is 11.1 Å². The van der Waals surface area contributed by atoms with E-state index < -0.39 is 15.8 Å². The maximum atomic E-state index is 13.0. The molecule has 5 rings (SSSR count). The first-order valence-electron chi connectivity index (χ1n) is 14.1. The van der Waals surface area contributed by atoms with Gasteiger partial charge in [-0.3, -0.25) is 9.69 Å². The summed E-state index contributed by atoms with van der Waals surface area (Å²) < 4.78 is 35.2. The Kier molecular flexibility index (Phi) is 8.64. The molecule has 0 aliphatic carbocycles. The number of aryl methyl sites for hydroxylation is 2. The number of carboxylic acid groups (broad SMARTS) is 1. The number of carbonyl (C=O) groups is 2. The molecule has 4 aromatic carbocycles. The Morgan fingerprint density at radius 1 is 1.00 bits per heavy atom. The highest BCUT2D eigenvalue weighted by Gasteiger charge is 2.26. The fourth-order valence-corrected chi connectivity index (χ4v) is 6.04. The second-order valence-corrected chi connectivity index (χ2v) is 13.1. The van der Waals surface area contributed by atoms with E-state index in [0.717, 1.165) is 45.3 Å². The van der Waals surface area contributed by atoms with E-state index in [1.165, 1.54) is 17.0 Å². The van der Waals surface area contributed by atoms with Crippen LogP contribution in [0.3, 0.4) is 0 Å². The lowest BCUT2D eigenvalue weighted by Crippen LogP contribution is -2.31. The number of carbonyl (C=O) groups excluding carboxylic acids is 1. The Bertz CT molecular complexity index is 1810. The summed E-state index contributed by atoms with van der Waals surface area (Å²) in [5.74, 6) is 0.314. The van der Waals surface area contributed by atoms with Gasteiger partial charge in [0, 0.05) is 42.2 Å². The summed E-state index contributed by atoms with van der Waals surface area (Å²) in [5, 5.41) is 11.9. The van der Waals surface area contributed by atoms with Crippen molar-refractivity contribution < 1.29 is 32.6 Å². The van der Waals surface area contributed by atoms with Crippen molar-refractivity contribution >= 4 is 33.2 Å². The number of carboxylic acids is 1. The number of benzene rings is 4. The lowest BCUT2D eigenvalue weighted by Gasteiger charge is -2.21. The van der Waals surface area contributed by atoms with Gasteiger partial charge >= 0.3 is 12.0 Å². The van der Waals surface area contributed by atoms with Crippen molar-refractivity contribution in [2.75, 3.05) is 30.1 Å². The fourth-order valence-electron chi connectivity index (χ4n) is 5.41. The van der Waals surface area contributed by atoms with Crippen LogP contribution in [0.1, 0.15) is 34.6 Å². The van der Waals surface area contributed by atoms with Gasteiger partial charge < -0.3 is 19.9 Å². The Hall–Kier alpha value is -4.83. The molecule has 0 fully saturated rings. The van der Waals surface area contributed by atoms with Gasteiger partial charge in [-0.1, -0.05) is 24.3 Å². The minimum Gasteiger partial charge on any atom is -0.492 e. The second-order valence-electron chi connectivity index (χ2n) is 11.0. The molecule has 0 saturated carbocycles. The topological polar surface area (TPSA) is 122 Å². The lowest BCUT2D eigenvalue weighted by atomic mass is 9.94. The first kappa shape index (κ1) is 30.6. The minimum atomic E-state index is -3.32. The number of urea groups is 1. The van der Waals surface area contributed by atoms with Gasteiger partial charge in [0.1, 0.15) is 18.1 Å². The molecule has 1 unspecified atom stereocenters. The van der Waals surface area contributed by atoms with Crippen LogP contribution in [0.15, 0.2) is 83.8 Å². The molecule has 2 amide bonds. The molecule has 0 saturated heterocycles. The fraction of sp³-hybridized carbons (Fsp3) is 0.235. The number of amides is 2. The van der Waals surface area contributed by atoms with Crippen LogP contribution in [0.4, 0.5) is 16.2 Å². The predicted octanol–water partition coefficient (Wildman–Crippen LogP) is 6.57.